The van der Waals surface area contributed by atoms with Gasteiger partial charge in [-0.25, -0.2) is 4.39 Å². The van der Waals surface area contributed by atoms with Crippen LogP contribution in [0.5, 0.6) is 11.5 Å². The van der Waals surface area contributed by atoms with Crippen LogP contribution in [-0.4, -0.2) is 0 Å². The van der Waals surface area contributed by atoms with Gasteiger partial charge in [-0.2, -0.15) is 0 Å². The minimum absolute atomic E-state index is 0.286. The topological polar surface area (TPSA) is 35.2 Å². The first-order valence-corrected chi connectivity index (χ1v) is 5.89. The van der Waals surface area contributed by atoms with Gasteiger partial charge in [0, 0.05) is 17.1 Å². The van der Waals surface area contributed by atoms with Crippen molar-refractivity contribution in [3.8, 4) is 11.5 Å². The first-order chi connectivity index (χ1) is 8.17. The summed E-state index contributed by atoms with van der Waals surface area (Å²) in [4.78, 5) is 0. The molecule has 0 aromatic heterocycles. The minimum atomic E-state index is -0.347. The number of rotatable bonds is 3. The van der Waals surface area contributed by atoms with Crippen LogP contribution in [0, 0.1) is 5.82 Å². The lowest BCUT2D eigenvalue weighted by Gasteiger charge is -2.07. The zero-order chi connectivity index (χ0) is 12.3. The van der Waals surface area contributed by atoms with Crippen molar-refractivity contribution in [1.29, 1.82) is 0 Å². The lowest BCUT2D eigenvalue weighted by molar-refractivity contribution is 0.475. The van der Waals surface area contributed by atoms with Gasteiger partial charge < -0.3 is 10.5 Å². The molecule has 0 radical (unpaired) electrons. The minimum Gasteiger partial charge on any atom is -0.457 e. The summed E-state index contributed by atoms with van der Waals surface area (Å²) in [5.41, 5.74) is 6.18. The molecule has 4 heteroatoms. The molecular formula is C13H11BrFNO. The van der Waals surface area contributed by atoms with Crippen molar-refractivity contribution in [1.82, 2.24) is 0 Å². The predicted molar refractivity (Wildman–Crippen MR) is 68.5 cm³/mol. The Labute approximate surface area is 107 Å². The Morgan fingerprint density at radius 3 is 2.41 bits per heavy atom. The monoisotopic (exact) mass is 295 g/mol. The zero-order valence-corrected chi connectivity index (χ0v) is 10.6. The molecule has 0 spiro atoms. The number of benzene rings is 2. The maximum atomic E-state index is 13.2. The van der Waals surface area contributed by atoms with Crippen LogP contribution < -0.4 is 10.5 Å². The third kappa shape index (κ3) is 3.28. The van der Waals surface area contributed by atoms with Crippen LogP contribution in [0.2, 0.25) is 0 Å². The molecule has 17 heavy (non-hydrogen) atoms. The van der Waals surface area contributed by atoms with Gasteiger partial charge in [0.25, 0.3) is 0 Å². The molecule has 0 bridgehead atoms. The van der Waals surface area contributed by atoms with Gasteiger partial charge in [0.05, 0.1) is 0 Å². The molecule has 0 aliphatic rings. The molecule has 2 rings (SSSR count). The summed E-state index contributed by atoms with van der Waals surface area (Å²) in [5, 5.41) is 0. The molecule has 0 aliphatic carbocycles. The highest BCUT2D eigenvalue weighted by molar-refractivity contribution is 9.10. The van der Waals surface area contributed by atoms with E-state index in [4.69, 9.17) is 10.5 Å². The molecule has 2 aromatic rings. The SMILES string of the molecule is NCc1cc(F)cc(Oc2ccc(Br)cc2)c1. The third-order valence-corrected chi connectivity index (χ3v) is 2.74. The molecule has 0 amide bonds. The standard InChI is InChI=1S/C13H11BrFNO/c14-10-1-3-12(4-2-10)17-13-6-9(8-16)5-11(15)7-13/h1-7H,8,16H2. The molecule has 0 heterocycles. The second-order valence-electron chi connectivity index (χ2n) is 3.56. The van der Waals surface area contributed by atoms with Crippen LogP contribution in [0.15, 0.2) is 46.9 Å². The smallest absolute Gasteiger partial charge is 0.130 e. The molecular weight excluding hydrogens is 285 g/mol. The van der Waals surface area contributed by atoms with Crippen LogP contribution >= 0.6 is 15.9 Å². The summed E-state index contributed by atoms with van der Waals surface area (Å²) in [6, 6.07) is 11.8. The highest BCUT2D eigenvalue weighted by Gasteiger charge is 2.02. The maximum Gasteiger partial charge on any atom is 0.130 e. The molecule has 0 unspecified atom stereocenters. The molecule has 2 aromatic carbocycles. The lowest BCUT2D eigenvalue weighted by atomic mass is 10.2. The van der Waals surface area contributed by atoms with E-state index < -0.39 is 0 Å². The Hall–Kier alpha value is -1.39. The summed E-state index contributed by atoms with van der Waals surface area (Å²) in [6.07, 6.45) is 0. The fraction of sp³-hybridized carbons (Fsp3) is 0.0769. The highest BCUT2D eigenvalue weighted by atomic mass is 79.9. The normalized spacial score (nSPS) is 10.3. The Morgan fingerprint density at radius 1 is 1.06 bits per heavy atom. The number of ether oxygens (including phenoxy) is 1. The summed E-state index contributed by atoms with van der Waals surface area (Å²) in [6.45, 7) is 0.286. The van der Waals surface area contributed by atoms with Gasteiger partial charge in [-0.05, 0) is 42.0 Å². The first-order valence-electron chi connectivity index (χ1n) is 5.10. The number of hydrogen-bond acceptors (Lipinski definition) is 2. The van der Waals surface area contributed by atoms with Crippen LogP contribution in [0.4, 0.5) is 4.39 Å². The fourth-order valence-electron chi connectivity index (χ4n) is 1.44. The number of halogens is 2. The Kier molecular flexibility index (Phi) is 3.76. The summed E-state index contributed by atoms with van der Waals surface area (Å²) in [7, 11) is 0. The zero-order valence-electron chi connectivity index (χ0n) is 8.99. The highest BCUT2D eigenvalue weighted by Crippen LogP contribution is 2.24. The van der Waals surface area contributed by atoms with Crippen molar-refractivity contribution < 1.29 is 9.13 Å². The van der Waals surface area contributed by atoms with Crippen molar-refractivity contribution in [2.24, 2.45) is 5.73 Å². The van der Waals surface area contributed by atoms with Crippen LogP contribution in [0.3, 0.4) is 0 Å². The van der Waals surface area contributed by atoms with Crippen molar-refractivity contribution >= 4 is 15.9 Å². The molecule has 0 fully saturated rings. The molecule has 0 aliphatic heterocycles. The van der Waals surface area contributed by atoms with E-state index in [1.165, 1.54) is 12.1 Å². The maximum absolute atomic E-state index is 13.2. The molecule has 2 nitrogen and oxygen atoms in total. The lowest BCUT2D eigenvalue weighted by Crippen LogP contribution is -1.97. The van der Waals surface area contributed by atoms with E-state index in [0.717, 1.165) is 4.47 Å². The second-order valence-corrected chi connectivity index (χ2v) is 4.47. The average Bonchev–Trinajstić information content (AvgIpc) is 2.31. The number of nitrogens with two attached hydrogens (primary N) is 1. The van der Waals surface area contributed by atoms with E-state index in [9.17, 15) is 4.39 Å². The van der Waals surface area contributed by atoms with E-state index in [-0.39, 0.29) is 12.4 Å². The summed E-state index contributed by atoms with van der Waals surface area (Å²) in [5.74, 6) is 0.759. The van der Waals surface area contributed by atoms with Crippen molar-refractivity contribution in [3.05, 3.63) is 58.3 Å². The van der Waals surface area contributed by atoms with E-state index in [1.807, 2.05) is 12.1 Å². The Balaban J connectivity index is 2.23. The van der Waals surface area contributed by atoms with E-state index in [2.05, 4.69) is 15.9 Å². The van der Waals surface area contributed by atoms with Gasteiger partial charge in [-0.15, -0.1) is 0 Å². The third-order valence-electron chi connectivity index (χ3n) is 2.22. The largest absolute Gasteiger partial charge is 0.457 e. The predicted octanol–water partition coefficient (Wildman–Crippen LogP) is 3.84. The first kappa shape index (κ1) is 12.1. The number of hydrogen-bond donors (Lipinski definition) is 1. The van der Waals surface area contributed by atoms with Gasteiger partial charge in [-0.1, -0.05) is 15.9 Å². The van der Waals surface area contributed by atoms with Crippen LogP contribution in [0.25, 0.3) is 0 Å². The molecule has 0 saturated carbocycles. The van der Waals surface area contributed by atoms with Gasteiger partial charge >= 0.3 is 0 Å². The fourth-order valence-corrected chi connectivity index (χ4v) is 1.70. The molecule has 2 N–H and O–H groups in total. The van der Waals surface area contributed by atoms with Crippen molar-refractivity contribution in [2.75, 3.05) is 0 Å². The second kappa shape index (κ2) is 5.29. The summed E-state index contributed by atoms with van der Waals surface area (Å²) < 4.78 is 19.7. The van der Waals surface area contributed by atoms with Gasteiger partial charge in [0.15, 0.2) is 0 Å². The van der Waals surface area contributed by atoms with Crippen LogP contribution in [0.1, 0.15) is 5.56 Å². The molecule has 88 valence electrons. The average molecular weight is 296 g/mol. The molecule has 0 atom stereocenters. The summed E-state index contributed by atoms with van der Waals surface area (Å²) >= 11 is 3.33. The molecule has 0 saturated heterocycles. The van der Waals surface area contributed by atoms with E-state index in [1.54, 1.807) is 18.2 Å². The van der Waals surface area contributed by atoms with E-state index >= 15 is 0 Å². The Morgan fingerprint density at radius 2 is 1.76 bits per heavy atom. The van der Waals surface area contributed by atoms with Crippen molar-refractivity contribution in [2.45, 2.75) is 6.54 Å². The van der Waals surface area contributed by atoms with Crippen LogP contribution in [-0.2, 0) is 6.54 Å². The van der Waals surface area contributed by atoms with E-state index in [0.29, 0.717) is 17.1 Å². The van der Waals surface area contributed by atoms with Gasteiger partial charge in [-0.3, -0.25) is 0 Å². The quantitative estimate of drug-likeness (QED) is 0.934. The van der Waals surface area contributed by atoms with Gasteiger partial charge in [0.1, 0.15) is 17.3 Å². The Bertz CT molecular complexity index is 513. The van der Waals surface area contributed by atoms with Gasteiger partial charge in [0.2, 0.25) is 0 Å². The van der Waals surface area contributed by atoms with Crippen molar-refractivity contribution in [3.63, 3.8) is 0 Å².